The van der Waals surface area contributed by atoms with Crippen LogP contribution in [0.15, 0.2) is 48.5 Å². The maximum Gasteiger partial charge on any atom is 0.229 e. The molecule has 2 aromatic carbocycles. The molecule has 126 valence electrons. The van der Waals surface area contributed by atoms with E-state index in [1.54, 1.807) is 24.3 Å². The summed E-state index contributed by atoms with van der Waals surface area (Å²) in [6, 6.07) is 14.8. The summed E-state index contributed by atoms with van der Waals surface area (Å²) >= 11 is 0. The standard InChI is InChI=1S/C18H20N2O3S/c1-12-6-3-4-9-15(12)16-11-17(16)18(21)19-13-7-5-8-14(10-13)20-24(2,22)23/h3-10,16-17,20H,11H2,1-2H3,(H,19,21)/t16-,17+/m0/s1. The molecule has 1 amide bonds. The van der Waals surface area contributed by atoms with Gasteiger partial charge >= 0.3 is 0 Å². The van der Waals surface area contributed by atoms with Crippen LogP contribution >= 0.6 is 0 Å². The summed E-state index contributed by atoms with van der Waals surface area (Å²) in [7, 11) is -3.34. The minimum absolute atomic E-state index is 0.0280. The number of rotatable bonds is 5. The predicted octanol–water partition coefficient (Wildman–Crippen LogP) is 3.11. The Hall–Kier alpha value is -2.34. The third-order valence-corrected chi connectivity index (χ3v) is 4.75. The van der Waals surface area contributed by atoms with Crippen LogP contribution in [0.1, 0.15) is 23.5 Å². The van der Waals surface area contributed by atoms with E-state index in [1.807, 2.05) is 12.1 Å². The first-order valence-electron chi connectivity index (χ1n) is 7.78. The van der Waals surface area contributed by atoms with Crippen LogP contribution in [0.5, 0.6) is 0 Å². The molecule has 1 aliphatic carbocycles. The second kappa shape index (κ2) is 6.28. The van der Waals surface area contributed by atoms with E-state index in [2.05, 4.69) is 29.1 Å². The van der Waals surface area contributed by atoms with Crippen molar-refractivity contribution in [3.8, 4) is 0 Å². The SMILES string of the molecule is Cc1ccccc1[C@@H]1C[C@H]1C(=O)Nc1cccc(NS(C)(=O)=O)c1. The first kappa shape index (κ1) is 16.5. The Morgan fingerprint density at radius 2 is 1.79 bits per heavy atom. The molecule has 2 N–H and O–H groups in total. The molecule has 1 aliphatic rings. The fraction of sp³-hybridized carbons (Fsp3) is 0.278. The van der Waals surface area contributed by atoms with Gasteiger partial charge in [-0.25, -0.2) is 8.42 Å². The van der Waals surface area contributed by atoms with Gasteiger partial charge in [0.15, 0.2) is 0 Å². The molecule has 0 spiro atoms. The van der Waals surface area contributed by atoms with Gasteiger partial charge in [-0.2, -0.15) is 0 Å². The van der Waals surface area contributed by atoms with Crippen LogP contribution in [0.2, 0.25) is 0 Å². The molecule has 3 rings (SSSR count). The maximum absolute atomic E-state index is 12.4. The molecule has 0 heterocycles. The number of carbonyl (C=O) groups excluding carboxylic acids is 1. The summed E-state index contributed by atoms with van der Waals surface area (Å²) in [5.41, 5.74) is 3.45. The van der Waals surface area contributed by atoms with Gasteiger partial charge in [-0.1, -0.05) is 30.3 Å². The molecule has 6 heteroatoms. The highest BCUT2D eigenvalue weighted by Crippen LogP contribution is 2.48. The summed E-state index contributed by atoms with van der Waals surface area (Å²) in [4.78, 5) is 12.4. The second-order valence-electron chi connectivity index (χ2n) is 6.25. The number of anilines is 2. The third-order valence-electron chi connectivity index (χ3n) is 4.15. The van der Waals surface area contributed by atoms with Gasteiger partial charge in [0.05, 0.1) is 11.9 Å². The quantitative estimate of drug-likeness (QED) is 0.875. The van der Waals surface area contributed by atoms with E-state index in [-0.39, 0.29) is 17.7 Å². The predicted molar refractivity (Wildman–Crippen MR) is 95.6 cm³/mol. The molecule has 24 heavy (non-hydrogen) atoms. The van der Waals surface area contributed by atoms with Crippen molar-refractivity contribution < 1.29 is 13.2 Å². The van der Waals surface area contributed by atoms with Crippen molar-refractivity contribution in [2.45, 2.75) is 19.3 Å². The van der Waals surface area contributed by atoms with Crippen LogP contribution in [-0.2, 0) is 14.8 Å². The average Bonchev–Trinajstić information content (AvgIpc) is 3.26. The van der Waals surface area contributed by atoms with Crippen molar-refractivity contribution >= 4 is 27.3 Å². The molecule has 2 aromatic rings. The number of amides is 1. The largest absolute Gasteiger partial charge is 0.326 e. The van der Waals surface area contributed by atoms with E-state index in [9.17, 15) is 13.2 Å². The monoisotopic (exact) mass is 344 g/mol. The maximum atomic E-state index is 12.4. The molecule has 0 aromatic heterocycles. The Morgan fingerprint density at radius 3 is 2.50 bits per heavy atom. The van der Waals surface area contributed by atoms with E-state index < -0.39 is 10.0 Å². The van der Waals surface area contributed by atoms with Crippen LogP contribution in [-0.4, -0.2) is 20.6 Å². The van der Waals surface area contributed by atoms with Crippen molar-refractivity contribution in [2.75, 3.05) is 16.3 Å². The van der Waals surface area contributed by atoms with Gasteiger partial charge in [-0.05, 0) is 48.6 Å². The Morgan fingerprint density at radius 1 is 1.08 bits per heavy atom. The summed E-state index contributed by atoms with van der Waals surface area (Å²) < 4.78 is 25.0. The molecule has 5 nitrogen and oxygen atoms in total. The van der Waals surface area contributed by atoms with Gasteiger partial charge in [0, 0.05) is 11.6 Å². The van der Waals surface area contributed by atoms with Crippen molar-refractivity contribution in [3.63, 3.8) is 0 Å². The minimum Gasteiger partial charge on any atom is -0.326 e. The van der Waals surface area contributed by atoms with Gasteiger partial charge in [0.2, 0.25) is 15.9 Å². The van der Waals surface area contributed by atoms with Crippen LogP contribution in [0.3, 0.4) is 0 Å². The number of hydrogen-bond donors (Lipinski definition) is 2. The van der Waals surface area contributed by atoms with Gasteiger partial charge < -0.3 is 5.32 Å². The van der Waals surface area contributed by atoms with Crippen molar-refractivity contribution in [2.24, 2.45) is 5.92 Å². The lowest BCUT2D eigenvalue weighted by Crippen LogP contribution is -2.15. The van der Waals surface area contributed by atoms with E-state index >= 15 is 0 Å². The van der Waals surface area contributed by atoms with Gasteiger partial charge in [-0.3, -0.25) is 9.52 Å². The van der Waals surface area contributed by atoms with Crippen molar-refractivity contribution in [3.05, 3.63) is 59.7 Å². The molecule has 0 aliphatic heterocycles. The molecule has 1 saturated carbocycles. The summed E-state index contributed by atoms with van der Waals surface area (Å²) in [6.45, 7) is 2.06. The molecule has 2 atom stereocenters. The zero-order valence-corrected chi connectivity index (χ0v) is 14.4. The van der Waals surface area contributed by atoms with Gasteiger partial charge in [0.25, 0.3) is 0 Å². The molecular weight excluding hydrogens is 324 g/mol. The topological polar surface area (TPSA) is 75.3 Å². The Bertz CT molecular complexity index is 877. The number of sulfonamides is 1. The van der Waals surface area contributed by atoms with E-state index in [4.69, 9.17) is 0 Å². The molecule has 0 unspecified atom stereocenters. The number of aryl methyl sites for hydroxylation is 1. The van der Waals surface area contributed by atoms with Gasteiger partial charge in [-0.15, -0.1) is 0 Å². The highest BCUT2D eigenvalue weighted by molar-refractivity contribution is 7.92. The van der Waals surface area contributed by atoms with E-state index in [0.717, 1.165) is 12.7 Å². The van der Waals surface area contributed by atoms with Crippen LogP contribution in [0.4, 0.5) is 11.4 Å². The zero-order chi connectivity index (χ0) is 17.3. The number of carbonyl (C=O) groups is 1. The zero-order valence-electron chi connectivity index (χ0n) is 13.6. The van der Waals surface area contributed by atoms with Crippen molar-refractivity contribution in [1.29, 1.82) is 0 Å². The summed E-state index contributed by atoms with van der Waals surface area (Å²) in [5, 5.41) is 2.88. The first-order valence-corrected chi connectivity index (χ1v) is 9.67. The summed E-state index contributed by atoms with van der Waals surface area (Å²) in [5.74, 6) is 0.209. The Labute approximate surface area is 142 Å². The Balaban J connectivity index is 1.66. The fourth-order valence-electron chi connectivity index (χ4n) is 2.94. The lowest BCUT2D eigenvalue weighted by atomic mass is 10.0. The normalized spacial score (nSPS) is 19.6. The van der Waals surface area contributed by atoms with Crippen LogP contribution < -0.4 is 10.0 Å². The highest BCUT2D eigenvalue weighted by atomic mass is 32.2. The lowest BCUT2D eigenvalue weighted by molar-refractivity contribution is -0.117. The number of benzene rings is 2. The van der Waals surface area contributed by atoms with Gasteiger partial charge in [0.1, 0.15) is 0 Å². The van der Waals surface area contributed by atoms with Crippen molar-refractivity contribution in [1.82, 2.24) is 0 Å². The number of hydrogen-bond acceptors (Lipinski definition) is 3. The van der Waals surface area contributed by atoms with E-state index in [1.165, 1.54) is 11.1 Å². The Kier molecular flexibility index (Phi) is 4.32. The lowest BCUT2D eigenvalue weighted by Gasteiger charge is -2.09. The molecular formula is C18H20N2O3S. The first-order chi connectivity index (χ1) is 11.3. The van der Waals surface area contributed by atoms with Crippen LogP contribution in [0.25, 0.3) is 0 Å². The molecule has 0 radical (unpaired) electrons. The smallest absolute Gasteiger partial charge is 0.229 e. The molecule has 0 saturated heterocycles. The number of nitrogens with one attached hydrogen (secondary N) is 2. The highest BCUT2D eigenvalue weighted by Gasteiger charge is 2.44. The summed E-state index contributed by atoms with van der Waals surface area (Å²) in [6.07, 6.45) is 1.94. The van der Waals surface area contributed by atoms with E-state index in [0.29, 0.717) is 11.4 Å². The van der Waals surface area contributed by atoms with Crippen LogP contribution in [0, 0.1) is 12.8 Å². The average molecular weight is 344 g/mol. The second-order valence-corrected chi connectivity index (χ2v) is 8.00. The molecule has 1 fully saturated rings. The fourth-order valence-corrected chi connectivity index (χ4v) is 3.50. The minimum atomic E-state index is -3.34. The molecule has 0 bridgehead atoms. The third kappa shape index (κ3) is 3.94.